The van der Waals surface area contributed by atoms with E-state index in [0.717, 1.165) is 30.0 Å². The molecule has 4 nitrogen and oxygen atoms in total. The maximum absolute atomic E-state index is 12.0. The molecule has 0 aliphatic carbocycles. The summed E-state index contributed by atoms with van der Waals surface area (Å²) in [6.07, 6.45) is 4.38. The summed E-state index contributed by atoms with van der Waals surface area (Å²) >= 11 is 0. The van der Waals surface area contributed by atoms with E-state index in [9.17, 15) is 9.59 Å². The van der Waals surface area contributed by atoms with Gasteiger partial charge in [0, 0.05) is 22.7 Å². The van der Waals surface area contributed by atoms with Crippen LogP contribution in [0.2, 0.25) is 0 Å². The zero-order valence-electron chi connectivity index (χ0n) is 11.8. The van der Waals surface area contributed by atoms with Crippen LogP contribution in [0.4, 0.5) is 0 Å². The molecule has 4 heteroatoms. The van der Waals surface area contributed by atoms with Gasteiger partial charge >= 0.3 is 5.97 Å². The number of hydrogen-bond acceptors (Lipinski definition) is 3. The van der Waals surface area contributed by atoms with Crippen LogP contribution in [-0.2, 0) is 9.53 Å². The third-order valence-electron chi connectivity index (χ3n) is 3.40. The van der Waals surface area contributed by atoms with Gasteiger partial charge in [-0.25, -0.2) is 4.79 Å². The van der Waals surface area contributed by atoms with Crippen LogP contribution in [0.1, 0.15) is 43.1 Å². The molecule has 2 rings (SSSR count). The van der Waals surface area contributed by atoms with Gasteiger partial charge in [-0.05, 0) is 19.4 Å². The lowest BCUT2D eigenvalue weighted by Crippen LogP contribution is -2.19. The van der Waals surface area contributed by atoms with Crippen molar-refractivity contribution in [3.8, 4) is 0 Å². The first-order valence-electron chi connectivity index (χ1n) is 6.90. The molecule has 0 spiro atoms. The molecular formula is C16H19NO3. The van der Waals surface area contributed by atoms with Gasteiger partial charge in [-0.15, -0.1) is 0 Å². The summed E-state index contributed by atoms with van der Waals surface area (Å²) in [7, 11) is 0. The molecule has 0 aliphatic rings. The number of benzene rings is 1. The van der Waals surface area contributed by atoms with Crippen LogP contribution in [0.5, 0.6) is 0 Å². The Bertz CT molecular complexity index is 615. The Labute approximate surface area is 118 Å². The number of rotatable bonds is 6. The lowest BCUT2D eigenvalue weighted by Gasteiger charge is -2.14. The lowest BCUT2D eigenvalue weighted by atomic mass is 10.2. The van der Waals surface area contributed by atoms with E-state index in [0.29, 0.717) is 12.2 Å². The molecule has 0 saturated carbocycles. The molecule has 0 bridgehead atoms. The first-order valence-corrected chi connectivity index (χ1v) is 6.90. The summed E-state index contributed by atoms with van der Waals surface area (Å²) in [5.74, 6) is -0.267. The van der Waals surface area contributed by atoms with Crippen molar-refractivity contribution >= 4 is 23.2 Å². The number of fused-ring (bicyclic) bond motifs is 1. The molecule has 106 valence electrons. The van der Waals surface area contributed by atoms with Gasteiger partial charge in [-0.3, -0.25) is 4.79 Å². The van der Waals surface area contributed by atoms with E-state index in [4.69, 9.17) is 4.74 Å². The molecule has 2 aromatic rings. The fourth-order valence-electron chi connectivity index (χ4n) is 2.20. The summed E-state index contributed by atoms with van der Waals surface area (Å²) in [4.78, 5) is 23.1. The summed E-state index contributed by atoms with van der Waals surface area (Å²) < 4.78 is 7.04. The van der Waals surface area contributed by atoms with Crippen LogP contribution in [0.3, 0.4) is 0 Å². The number of nitrogens with zero attached hydrogens (tertiary/aromatic N) is 1. The number of esters is 1. The maximum atomic E-state index is 12.0. The van der Waals surface area contributed by atoms with Crippen molar-refractivity contribution < 1.29 is 14.3 Å². The molecule has 20 heavy (non-hydrogen) atoms. The monoisotopic (exact) mass is 273 g/mol. The smallest absolute Gasteiger partial charge is 0.328 e. The molecule has 1 aromatic heterocycles. The van der Waals surface area contributed by atoms with Crippen LogP contribution >= 0.6 is 0 Å². The standard InChI is InChI=1S/C16H19NO3/c1-3-4-9-20-16(19)12(2)17-10-13(11-18)14-7-5-6-8-15(14)17/h5-8,10-12H,3-4,9H2,1-2H3. The Morgan fingerprint density at radius 2 is 2.15 bits per heavy atom. The molecule has 0 radical (unpaired) electrons. The van der Waals surface area contributed by atoms with Crippen molar-refractivity contribution in [1.29, 1.82) is 0 Å². The number of para-hydroxylation sites is 1. The summed E-state index contributed by atoms with van der Waals surface area (Å²) in [6.45, 7) is 4.28. The van der Waals surface area contributed by atoms with E-state index in [1.165, 1.54) is 0 Å². The zero-order valence-corrected chi connectivity index (χ0v) is 11.8. The van der Waals surface area contributed by atoms with Crippen LogP contribution in [0.15, 0.2) is 30.5 Å². The highest BCUT2D eigenvalue weighted by Gasteiger charge is 2.19. The van der Waals surface area contributed by atoms with E-state index in [2.05, 4.69) is 0 Å². The second-order valence-corrected chi connectivity index (χ2v) is 4.82. The molecule has 0 fully saturated rings. The minimum atomic E-state index is -0.439. The Kier molecular flexibility index (Phi) is 4.56. The Balaban J connectivity index is 2.28. The van der Waals surface area contributed by atoms with Gasteiger partial charge in [0.05, 0.1) is 6.61 Å². The molecule has 1 aromatic carbocycles. The topological polar surface area (TPSA) is 48.3 Å². The molecule has 0 saturated heterocycles. The summed E-state index contributed by atoms with van der Waals surface area (Å²) in [5.41, 5.74) is 1.46. The number of aldehydes is 1. The highest BCUT2D eigenvalue weighted by Crippen LogP contribution is 2.24. The lowest BCUT2D eigenvalue weighted by molar-refractivity contribution is -0.147. The Morgan fingerprint density at radius 3 is 2.85 bits per heavy atom. The van der Waals surface area contributed by atoms with Crippen molar-refractivity contribution in [3.63, 3.8) is 0 Å². The summed E-state index contributed by atoms with van der Waals surface area (Å²) in [5, 5.41) is 0.857. The van der Waals surface area contributed by atoms with Gasteiger partial charge in [-0.2, -0.15) is 0 Å². The second kappa shape index (κ2) is 6.37. The Hall–Kier alpha value is -2.10. The van der Waals surface area contributed by atoms with Gasteiger partial charge in [0.1, 0.15) is 6.04 Å². The van der Waals surface area contributed by atoms with E-state index >= 15 is 0 Å². The third-order valence-corrected chi connectivity index (χ3v) is 3.40. The minimum Gasteiger partial charge on any atom is -0.464 e. The molecule has 1 unspecified atom stereocenters. The number of ether oxygens (including phenoxy) is 1. The van der Waals surface area contributed by atoms with Crippen molar-refractivity contribution in [1.82, 2.24) is 4.57 Å². The van der Waals surface area contributed by atoms with Crippen LogP contribution < -0.4 is 0 Å². The molecule has 0 N–H and O–H groups in total. The number of hydrogen-bond donors (Lipinski definition) is 0. The molecule has 1 atom stereocenters. The van der Waals surface area contributed by atoms with Gasteiger partial charge in [0.15, 0.2) is 6.29 Å². The van der Waals surface area contributed by atoms with Crippen LogP contribution in [-0.4, -0.2) is 23.4 Å². The van der Waals surface area contributed by atoms with Crippen molar-refractivity contribution in [2.24, 2.45) is 0 Å². The SMILES string of the molecule is CCCCOC(=O)C(C)n1cc(C=O)c2ccccc21. The predicted octanol–water partition coefficient (Wildman–Crippen LogP) is 3.36. The largest absolute Gasteiger partial charge is 0.464 e. The van der Waals surface area contributed by atoms with Crippen molar-refractivity contribution in [2.45, 2.75) is 32.7 Å². The molecule has 1 heterocycles. The molecule has 0 amide bonds. The maximum Gasteiger partial charge on any atom is 0.328 e. The highest BCUT2D eigenvalue weighted by molar-refractivity contribution is 5.98. The fraction of sp³-hybridized carbons (Fsp3) is 0.375. The average molecular weight is 273 g/mol. The first-order chi connectivity index (χ1) is 9.69. The number of carbonyl (C=O) groups is 2. The normalized spacial score (nSPS) is 12.3. The van der Waals surface area contributed by atoms with Gasteiger partial charge in [-0.1, -0.05) is 31.5 Å². The zero-order chi connectivity index (χ0) is 14.5. The Morgan fingerprint density at radius 1 is 1.40 bits per heavy atom. The van der Waals surface area contributed by atoms with Crippen LogP contribution in [0.25, 0.3) is 10.9 Å². The van der Waals surface area contributed by atoms with E-state index < -0.39 is 6.04 Å². The quantitative estimate of drug-likeness (QED) is 0.460. The average Bonchev–Trinajstić information content (AvgIpc) is 2.85. The van der Waals surface area contributed by atoms with Crippen molar-refractivity contribution in [2.75, 3.05) is 6.61 Å². The fourth-order valence-corrected chi connectivity index (χ4v) is 2.20. The van der Waals surface area contributed by atoms with Gasteiger partial charge in [0.2, 0.25) is 0 Å². The van der Waals surface area contributed by atoms with Gasteiger partial charge < -0.3 is 9.30 Å². The minimum absolute atomic E-state index is 0.267. The van der Waals surface area contributed by atoms with Crippen LogP contribution in [0, 0.1) is 0 Å². The molecule has 0 aliphatic heterocycles. The van der Waals surface area contributed by atoms with E-state index in [-0.39, 0.29) is 5.97 Å². The predicted molar refractivity (Wildman–Crippen MR) is 77.9 cm³/mol. The summed E-state index contributed by atoms with van der Waals surface area (Å²) in [6, 6.07) is 7.11. The van der Waals surface area contributed by atoms with E-state index in [1.54, 1.807) is 17.7 Å². The van der Waals surface area contributed by atoms with Crippen molar-refractivity contribution in [3.05, 3.63) is 36.0 Å². The van der Waals surface area contributed by atoms with Gasteiger partial charge in [0.25, 0.3) is 0 Å². The second-order valence-electron chi connectivity index (χ2n) is 4.82. The number of aromatic nitrogens is 1. The third kappa shape index (κ3) is 2.74. The molecular weight excluding hydrogens is 254 g/mol. The van der Waals surface area contributed by atoms with E-state index in [1.807, 2.05) is 31.2 Å². The first kappa shape index (κ1) is 14.3. The number of unbranched alkanes of at least 4 members (excludes halogenated alkanes) is 1. The highest BCUT2D eigenvalue weighted by atomic mass is 16.5. The number of carbonyl (C=O) groups excluding carboxylic acids is 2.